The number of rotatable bonds is 17. The first-order valence-electron chi connectivity index (χ1n) is 20.4. The number of hydrogen-bond acceptors (Lipinski definition) is 13. The number of aromatic nitrogens is 4. The number of amides is 3. The molecule has 8 rings (SSSR count). The highest BCUT2D eigenvalue weighted by molar-refractivity contribution is 14.1. The average molecular weight is 1050 g/mol. The fourth-order valence-electron chi connectivity index (χ4n) is 8.01. The molecule has 3 heterocycles. The number of imide groups is 1. The lowest BCUT2D eigenvalue weighted by Gasteiger charge is -2.26. The molecular weight excluding hydrogens is 1000 g/mol. The van der Waals surface area contributed by atoms with Gasteiger partial charge in [-0.05, 0) is 117 Å². The molecule has 2 aliphatic rings. The summed E-state index contributed by atoms with van der Waals surface area (Å²) < 4.78 is 68.7. The van der Waals surface area contributed by atoms with E-state index >= 15 is 8.42 Å². The molecule has 0 aliphatic carbocycles. The number of hydrogen-bond donors (Lipinski definition) is 2. The monoisotopic (exact) mass is 1050 g/mol. The number of halogens is 1. The molecule has 3 unspecified atom stereocenters. The third kappa shape index (κ3) is 9.57. The van der Waals surface area contributed by atoms with Crippen LogP contribution in [-0.2, 0) is 41.0 Å². The smallest absolute Gasteiger partial charge is 0.407 e. The highest BCUT2D eigenvalue weighted by Crippen LogP contribution is 2.39. The molecule has 6 aromatic rings. The highest BCUT2D eigenvalue weighted by atomic mass is 127. The first-order chi connectivity index (χ1) is 31.8. The summed E-state index contributed by atoms with van der Waals surface area (Å²) in [5.41, 5.74) is 2.60. The summed E-state index contributed by atoms with van der Waals surface area (Å²) in [6.07, 6.45) is -1.26. The van der Waals surface area contributed by atoms with Crippen LogP contribution in [0.2, 0.25) is 0 Å². The van der Waals surface area contributed by atoms with Gasteiger partial charge in [0.15, 0.2) is 15.6 Å². The van der Waals surface area contributed by atoms with E-state index in [4.69, 9.17) is 14.2 Å². The van der Waals surface area contributed by atoms with Gasteiger partial charge in [0.2, 0.25) is 10.0 Å². The van der Waals surface area contributed by atoms with E-state index in [1.165, 1.54) is 29.3 Å². The van der Waals surface area contributed by atoms with Crippen LogP contribution in [0.3, 0.4) is 0 Å². The highest BCUT2D eigenvalue weighted by Gasteiger charge is 2.45. The van der Waals surface area contributed by atoms with Crippen LogP contribution in [0.15, 0.2) is 119 Å². The number of carboxylic acid groups (broad SMARTS) is 1. The number of fused-ring (bicyclic) bond motifs is 1. The van der Waals surface area contributed by atoms with E-state index in [0.717, 1.165) is 15.4 Å². The molecule has 18 nitrogen and oxygen atoms in total. The number of sulfonamides is 1. The van der Waals surface area contributed by atoms with Gasteiger partial charge in [0.1, 0.15) is 17.2 Å². The second-order valence-electron chi connectivity index (χ2n) is 15.4. The van der Waals surface area contributed by atoms with Crippen molar-refractivity contribution >= 4 is 61.9 Å². The van der Waals surface area contributed by atoms with E-state index in [0.29, 0.717) is 31.9 Å². The number of benzene rings is 5. The first kappa shape index (κ1) is 46.4. The number of carbonyl (C=O) groups excluding carboxylic acids is 2. The van der Waals surface area contributed by atoms with Gasteiger partial charge >= 0.3 is 6.09 Å². The Morgan fingerprint density at radius 1 is 0.833 bits per heavy atom. The lowest BCUT2D eigenvalue weighted by Crippen LogP contribution is -2.44. The van der Waals surface area contributed by atoms with Crippen LogP contribution in [-0.4, -0.2) is 117 Å². The third-order valence-corrected chi connectivity index (χ3v) is 15.5. The van der Waals surface area contributed by atoms with Gasteiger partial charge in [-0.25, -0.2) is 17.9 Å². The molecule has 66 heavy (non-hydrogen) atoms. The summed E-state index contributed by atoms with van der Waals surface area (Å²) in [5, 5.41) is 22.8. The molecule has 0 bridgehead atoms. The van der Waals surface area contributed by atoms with Crippen molar-refractivity contribution in [1.82, 2.24) is 39.0 Å². The number of likely N-dealkylation sites (tertiary alicyclic amines) is 1. The molecule has 2 N–H and O–H groups in total. The summed E-state index contributed by atoms with van der Waals surface area (Å²) in [6.45, 7) is -0.504. The van der Waals surface area contributed by atoms with Crippen molar-refractivity contribution in [2.24, 2.45) is 0 Å². The average Bonchev–Trinajstić information content (AvgIpc) is 4.02. The largest absolute Gasteiger partial charge is 0.593 e. The van der Waals surface area contributed by atoms with Gasteiger partial charge in [0, 0.05) is 29.7 Å². The summed E-state index contributed by atoms with van der Waals surface area (Å²) in [6, 6.07) is 29.0. The predicted octanol–water partition coefficient (Wildman–Crippen LogP) is 5.44. The molecule has 2 aliphatic heterocycles. The van der Waals surface area contributed by atoms with Crippen molar-refractivity contribution in [3.8, 4) is 28.6 Å². The van der Waals surface area contributed by atoms with Crippen molar-refractivity contribution in [3.05, 3.63) is 141 Å². The lowest BCUT2D eigenvalue weighted by atomic mass is 10.1. The normalized spacial score (nSPS) is 16.5. The second kappa shape index (κ2) is 19.8. The molecule has 1 saturated heterocycles. The Kier molecular flexibility index (Phi) is 13.9. The van der Waals surface area contributed by atoms with Crippen molar-refractivity contribution < 1.29 is 46.7 Å². The SMILES string of the molecule is COc1ccc(CN(Cc2ccc(OC)cc2)S(=O)(=O)c2c([S+]([O-])NC3CC(CN4C(=O)c5ccccc5C4=O)N(C(=O)O)C3)ccc(I)c2-c2nnnn2Cc2ccc(OC)cc2)cc1. The van der Waals surface area contributed by atoms with Crippen molar-refractivity contribution in [1.29, 1.82) is 0 Å². The molecule has 21 heteroatoms. The second-order valence-corrected chi connectivity index (χ2v) is 19.7. The third-order valence-electron chi connectivity index (χ3n) is 11.4. The van der Waals surface area contributed by atoms with Gasteiger partial charge in [-0.15, -0.1) is 9.82 Å². The Bertz CT molecular complexity index is 2780. The van der Waals surface area contributed by atoms with Gasteiger partial charge < -0.3 is 28.8 Å². The van der Waals surface area contributed by atoms with Crippen LogP contribution in [0.5, 0.6) is 17.2 Å². The maximum atomic E-state index is 15.8. The summed E-state index contributed by atoms with van der Waals surface area (Å²) in [4.78, 5) is 40.8. The zero-order valence-corrected chi connectivity index (χ0v) is 39.5. The Balaban J connectivity index is 1.19. The zero-order valence-electron chi connectivity index (χ0n) is 35.7. The van der Waals surface area contributed by atoms with Crippen LogP contribution in [0.4, 0.5) is 4.79 Å². The fourth-order valence-corrected chi connectivity index (χ4v) is 12.2. The lowest BCUT2D eigenvalue weighted by molar-refractivity contribution is 0.0603. The summed E-state index contributed by atoms with van der Waals surface area (Å²) in [7, 11) is -0.0598. The summed E-state index contributed by atoms with van der Waals surface area (Å²) in [5.74, 6) is 0.805. The molecule has 0 radical (unpaired) electrons. The van der Waals surface area contributed by atoms with Crippen molar-refractivity contribution in [2.75, 3.05) is 34.4 Å². The molecule has 5 aromatic carbocycles. The number of ether oxygens (including phenoxy) is 3. The molecule has 1 aromatic heterocycles. The molecule has 1 fully saturated rings. The van der Waals surface area contributed by atoms with E-state index in [2.05, 4.69) is 20.2 Å². The van der Waals surface area contributed by atoms with Crippen LogP contribution in [0, 0.1) is 3.57 Å². The summed E-state index contributed by atoms with van der Waals surface area (Å²) >= 11 is -0.310. The first-order valence-corrected chi connectivity index (χ1v) is 24.1. The molecule has 342 valence electrons. The number of methoxy groups -OCH3 is 3. The molecule has 3 amide bonds. The van der Waals surface area contributed by atoms with E-state index in [1.54, 1.807) is 98.1 Å². The molecular formula is C45H43IN8O10S2. The van der Waals surface area contributed by atoms with Crippen LogP contribution >= 0.6 is 22.6 Å². The Morgan fingerprint density at radius 2 is 1.36 bits per heavy atom. The number of nitrogens with zero attached hydrogens (tertiary/aromatic N) is 7. The minimum absolute atomic E-state index is 0.0475. The Hall–Kier alpha value is -6.11. The molecule has 3 atom stereocenters. The minimum Gasteiger partial charge on any atom is -0.593 e. The van der Waals surface area contributed by atoms with Gasteiger partial charge in [-0.3, -0.25) is 14.5 Å². The van der Waals surface area contributed by atoms with Crippen LogP contribution < -0.4 is 18.9 Å². The fraction of sp³-hybridized carbons (Fsp3) is 0.244. The number of tetrazole rings is 1. The van der Waals surface area contributed by atoms with Crippen LogP contribution in [0.25, 0.3) is 11.4 Å². The topological polar surface area (TPSA) is 222 Å². The van der Waals surface area contributed by atoms with E-state index in [-0.39, 0.29) is 71.5 Å². The van der Waals surface area contributed by atoms with Gasteiger partial charge in [0.05, 0.1) is 68.0 Å². The predicted molar refractivity (Wildman–Crippen MR) is 249 cm³/mol. The van der Waals surface area contributed by atoms with E-state index in [9.17, 15) is 24.0 Å². The minimum atomic E-state index is -4.68. The maximum Gasteiger partial charge on any atom is 0.407 e. The number of carbonyl (C=O) groups is 3. The van der Waals surface area contributed by atoms with Gasteiger partial charge in [-0.1, -0.05) is 48.5 Å². The van der Waals surface area contributed by atoms with Gasteiger partial charge in [0.25, 0.3) is 11.8 Å². The van der Waals surface area contributed by atoms with Crippen LogP contribution in [0.1, 0.15) is 43.8 Å². The zero-order chi connectivity index (χ0) is 46.7. The molecule has 0 spiro atoms. The van der Waals surface area contributed by atoms with E-state index < -0.39 is 51.4 Å². The standard InChI is InChI=1S/C45H43IN8O10S2/c1-62-33-14-8-28(9-15-33)23-51(24-29-10-16-34(63-2)17-11-29)66(60,61)41-39(21-20-38(46)40(41)42-47-49-50-54(42)25-30-12-18-35(64-3)19-13-30)65(59)48-31-22-32(52(26-31)45(57)58)27-53-43(55)36-6-4-5-7-37(36)44(53)56/h4-21,31-32,48H,22-27H2,1-3H3,(H,57,58). The van der Waals surface area contributed by atoms with E-state index in [1.807, 2.05) is 34.7 Å². The number of nitrogens with one attached hydrogen (secondary N) is 1. The molecule has 0 saturated carbocycles. The van der Waals surface area contributed by atoms with Crippen molar-refractivity contribution in [3.63, 3.8) is 0 Å². The maximum absolute atomic E-state index is 15.8. The Labute approximate surface area is 396 Å². The Morgan fingerprint density at radius 3 is 1.88 bits per heavy atom. The van der Waals surface area contributed by atoms with Crippen molar-refractivity contribution in [2.45, 2.75) is 47.9 Å². The quantitative estimate of drug-likeness (QED) is 0.0660. The van der Waals surface area contributed by atoms with Gasteiger partial charge in [-0.2, -0.15) is 4.31 Å².